The maximum absolute atomic E-state index is 13.4. The molecule has 4 nitrogen and oxygen atoms in total. The predicted octanol–water partition coefficient (Wildman–Crippen LogP) is 1.24. The van der Waals surface area contributed by atoms with Crippen molar-refractivity contribution in [2.45, 2.75) is 17.7 Å². The van der Waals surface area contributed by atoms with Crippen LogP contribution in [0.3, 0.4) is 0 Å². The largest absolute Gasteiger partial charge is 0.316 e. The van der Waals surface area contributed by atoms with Gasteiger partial charge < -0.3 is 5.32 Å². The molecule has 1 aromatic rings. The molecule has 0 radical (unpaired) electrons. The number of rotatable bonds is 5. The monoisotopic (exact) mass is 290 g/mol. The van der Waals surface area contributed by atoms with Crippen molar-refractivity contribution >= 4 is 10.0 Å². The summed E-state index contributed by atoms with van der Waals surface area (Å²) in [5.41, 5.74) is 0. The lowest BCUT2D eigenvalue weighted by atomic mass is 10.1. The number of hydrogen-bond donors (Lipinski definition) is 2. The van der Waals surface area contributed by atoms with Gasteiger partial charge in [-0.15, -0.1) is 0 Å². The molecule has 7 heteroatoms. The van der Waals surface area contributed by atoms with E-state index in [1.807, 2.05) is 0 Å². The van der Waals surface area contributed by atoms with Gasteiger partial charge in [0.1, 0.15) is 16.5 Å². The molecule has 0 aromatic heterocycles. The van der Waals surface area contributed by atoms with Crippen LogP contribution in [0.5, 0.6) is 0 Å². The Morgan fingerprint density at radius 1 is 1.37 bits per heavy atom. The molecule has 2 rings (SSSR count). The third-order valence-electron chi connectivity index (χ3n) is 3.19. The predicted molar refractivity (Wildman–Crippen MR) is 67.1 cm³/mol. The molecular formula is C12H16F2N2O2S. The Bertz CT molecular complexity index is 543. The molecule has 1 aliphatic heterocycles. The summed E-state index contributed by atoms with van der Waals surface area (Å²) in [7, 11) is -3.99. The molecule has 0 aliphatic carbocycles. The summed E-state index contributed by atoms with van der Waals surface area (Å²) in [4.78, 5) is -0.642. The van der Waals surface area contributed by atoms with E-state index in [1.54, 1.807) is 0 Å². The Balaban J connectivity index is 1.99. The highest BCUT2D eigenvalue weighted by Crippen LogP contribution is 2.16. The number of benzene rings is 1. The quantitative estimate of drug-likeness (QED) is 0.858. The smallest absolute Gasteiger partial charge is 0.243 e. The Kier molecular flexibility index (Phi) is 4.49. The van der Waals surface area contributed by atoms with Crippen molar-refractivity contribution in [2.75, 3.05) is 19.6 Å². The van der Waals surface area contributed by atoms with Crippen molar-refractivity contribution in [1.82, 2.24) is 10.0 Å². The molecule has 106 valence electrons. The molecule has 1 heterocycles. The van der Waals surface area contributed by atoms with Crippen LogP contribution >= 0.6 is 0 Å². The topological polar surface area (TPSA) is 58.2 Å². The van der Waals surface area contributed by atoms with Crippen molar-refractivity contribution in [3.63, 3.8) is 0 Å². The summed E-state index contributed by atoms with van der Waals surface area (Å²) >= 11 is 0. The lowest BCUT2D eigenvalue weighted by molar-refractivity contribution is 0.513. The van der Waals surface area contributed by atoms with Gasteiger partial charge in [-0.1, -0.05) is 0 Å². The van der Waals surface area contributed by atoms with Gasteiger partial charge in [0, 0.05) is 6.54 Å². The zero-order valence-electron chi connectivity index (χ0n) is 10.3. The minimum atomic E-state index is -3.99. The molecule has 1 aromatic carbocycles. The molecule has 0 amide bonds. The number of hydrogen-bond acceptors (Lipinski definition) is 3. The molecule has 19 heavy (non-hydrogen) atoms. The highest BCUT2D eigenvalue weighted by molar-refractivity contribution is 7.89. The van der Waals surface area contributed by atoms with Gasteiger partial charge in [0.05, 0.1) is 0 Å². The minimum Gasteiger partial charge on any atom is -0.316 e. The second-order valence-electron chi connectivity index (χ2n) is 4.62. The van der Waals surface area contributed by atoms with Crippen molar-refractivity contribution < 1.29 is 17.2 Å². The van der Waals surface area contributed by atoms with Crippen molar-refractivity contribution in [3.8, 4) is 0 Å². The number of nitrogens with one attached hydrogen (secondary N) is 2. The molecule has 1 atom stereocenters. The van der Waals surface area contributed by atoms with E-state index in [4.69, 9.17) is 0 Å². The fourth-order valence-electron chi connectivity index (χ4n) is 2.12. The summed E-state index contributed by atoms with van der Waals surface area (Å²) < 4.78 is 52.4. The first-order valence-corrected chi connectivity index (χ1v) is 7.63. The van der Waals surface area contributed by atoms with Crippen LogP contribution in [0, 0.1) is 17.6 Å². The van der Waals surface area contributed by atoms with Crippen LogP contribution in [-0.2, 0) is 10.0 Å². The highest BCUT2D eigenvalue weighted by atomic mass is 32.2. The molecule has 0 saturated carbocycles. The third kappa shape index (κ3) is 3.71. The van der Waals surface area contributed by atoms with Crippen LogP contribution in [0.2, 0.25) is 0 Å². The summed E-state index contributed by atoms with van der Waals surface area (Å²) in [5, 5.41) is 3.18. The van der Waals surface area contributed by atoms with Gasteiger partial charge >= 0.3 is 0 Å². The Morgan fingerprint density at radius 2 is 2.16 bits per heavy atom. The van der Waals surface area contributed by atoms with Gasteiger partial charge in [-0.3, -0.25) is 0 Å². The van der Waals surface area contributed by atoms with Gasteiger partial charge in [-0.05, 0) is 50.0 Å². The van der Waals surface area contributed by atoms with Gasteiger partial charge in [-0.25, -0.2) is 21.9 Å². The molecule has 0 unspecified atom stereocenters. The van der Waals surface area contributed by atoms with E-state index >= 15 is 0 Å². The fraction of sp³-hybridized carbons (Fsp3) is 0.500. The van der Waals surface area contributed by atoms with Crippen molar-refractivity contribution in [2.24, 2.45) is 5.92 Å². The second-order valence-corrected chi connectivity index (χ2v) is 6.36. The summed E-state index contributed by atoms with van der Waals surface area (Å²) in [5.74, 6) is -1.29. The van der Waals surface area contributed by atoms with Crippen LogP contribution < -0.4 is 10.0 Å². The van der Waals surface area contributed by atoms with Crippen LogP contribution in [0.1, 0.15) is 12.8 Å². The molecule has 2 N–H and O–H groups in total. The fourth-order valence-corrected chi connectivity index (χ4v) is 3.25. The molecular weight excluding hydrogens is 274 g/mol. The highest BCUT2D eigenvalue weighted by Gasteiger charge is 2.21. The van der Waals surface area contributed by atoms with Gasteiger partial charge in [0.15, 0.2) is 0 Å². The minimum absolute atomic E-state index is 0.227. The SMILES string of the molecule is O=S(=O)(NCC[C@@H]1CCNC1)c1cc(F)ccc1F. The summed E-state index contributed by atoms with van der Waals surface area (Å²) in [6, 6.07) is 2.39. The van der Waals surface area contributed by atoms with E-state index < -0.39 is 26.6 Å². The average molecular weight is 290 g/mol. The van der Waals surface area contributed by atoms with Gasteiger partial charge in [-0.2, -0.15) is 0 Å². The van der Waals surface area contributed by atoms with E-state index in [0.29, 0.717) is 18.4 Å². The third-order valence-corrected chi connectivity index (χ3v) is 4.67. The lowest BCUT2D eigenvalue weighted by Gasteiger charge is -2.10. The van der Waals surface area contributed by atoms with E-state index in [2.05, 4.69) is 10.0 Å². The van der Waals surface area contributed by atoms with Crippen LogP contribution in [-0.4, -0.2) is 28.1 Å². The standard InChI is InChI=1S/C12H16F2N2O2S/c13-10-1-2-11(14)12(7-10)19(17,18)16-6-4-9-3-5-15-8-9/h1-2,7,9,15-16H,3-6,8H2/t9-/m0/s1. The summed E-state index contributed by atoms with van der Waals surface area (Å²) in [6.45, 7) is 2.04. The van der Waals surface area contributed by atoms with E-state index in [-0.39, 0.29) is 6.54 Å². The second kappa shape index (κ2) is 5.94. The molecule has 1 fully saturated rings. The Morgan fingerprint density at radius 3 is 2.84 bits per heavy atom. The van der Waals surface area contributed by atoms with E-state index in [0.717, 1.165) is 31.6 Å². The maximum atomic E-state index is 13.4. The van der Waals surface area contributed by atoms with Crippen molar-refractivity contribution in [1.29, 1.82) is 0 Å². The van der Waals surface area contributed by atoms with Crippen LogP contribution in [0.4, 0.5) is 8.78 Å². The first-order chi connectivity index (χ1) is 8.99. The molecule has 0 spiro atoms. The average Bonchev–Trinajstić information content (AvgIpc) is 2.85. The number of halogens is 2. The first kappa shape index (κ1) is 14.4. The molecule has 0 bridgehead atoms. The lowest BCUT2D eigenvalue weighted by Crippen LogP contribution is -2.27. The summed E-state index contributed by atoms with van der Waals surface area (Å²) in [6.07, 6.45) is 1.69. The molecule has 1 saturated heterocycles. The number of sulfonamides is 1. The first-order valence-electron chi connectivity index (χ1n) is 6.14. The van der Waals surface area contributed by atoms with Crippen molar-refractivity contribution in [3.05, 3.63) is 29.8 Å². The molecule has 1 aliphatic rings. The van der Waals surface area contributed by atoms with Crippen LogP contribution in [0.25, 0.3) is 0 Å². The van der Waals surface area contributed by atoms with E-state index in [9.17, 15) is 17.2 Å². The van der Waals surface area contributed by atoms with Gasteiger partial charge in [0.25, 0.3) is 0 Å². The maximum Gasteiger partial charge on any atom is 0.243 e. The zero-order valence-corrected chi connectivity index (χ0v) is 11.1. The zero-order chi connectivity index (χ0) is 13.9. The Labute approximate surface area is 111 Å². The normalized spacial score (nSPS) is 19.8. The van der Waals surface area contributed by atoms with Gasteiger partial charge in [0.2, 0.25) is 10.0 Å². The van der Waals surface area contributed by atoms with E-state index in [1.165, 1.54) is 0 Å². The van der Waals surface area contributed by atoms with Crippen LogP contribution in [0.15, 0.2) is 23.1 Å². The Hall–Kier alpha value is -1.05.